The molecule has 9 heteroatoms. The molecule has 0 aliphatic carbocycles. The van der Waals surface area contributed by atoms with Crippen LogP contribution < -0.4 is 16.4 Å². The highest BCUT2D eigenvalue weighted by molar-refractivity contribution is 6.40. The summed E-state index contributed by atoms with van der Waals surface area (Å²) in [5.41, 5.74) is 12.4. The van der Waals surface area contributed by atoms with E-state index in [4.69, 9.17) is 27.4 Å². The van der Waals surface area contributed by atoms with Crippen molar-refractivity contribution in [3.05, 3.63) is 24.3 Å². The molecule has 1 fully saturated rings. The summed E-state index contributed by atoms with van der Waals surface area (Å²) in [5.74, 6) is -2.10. The number of aliphatic hydroxyl groups excluding tert-OH is 1. The fourth-order valence-electron chi connectivity index (χ4n) is 3.02. The Morgan fingerprint density at radius 2 is 1.85 bits per heavy atom. The van der Waals surface area contributed by atoms with E-state index in [1.165, 1.54) is 0 Å². The summed E-state index contributed by atoms with van der Waals surface area (Å²) in [6, 6.07) is 7.48. The summed E-state index contributed by atoms with van der Waals surface area (Å²) in [6.07, 6.45) is 1.54. The number of hydrogen-bond acceptors (Lipinski definition) is 7. The van der Waals surface area contributed by atoms with Crippen LogP contribution in [0.5, 0.6) is 0 Å². The van der Waals surface area contributed by atoms with Gasteiger partial charge in [-0.05, 0) is 30.7 Å². The number of primary amides is 1. The third-order valence-electron chi connectivity index (χ3n) is 4.52. The molecule has 0 radical (unpaired) electrons. The second-order valence-corrected chi connectivity index (χ2v) is 6.39. The standard InChI is InChI=1S/C18H27N7O2/c19-12-15(20)16(18(22)27)17(21)23-13-2-4-14(5-3-13)25-9-7-24(8-10-25)6-1-11-26/h2-5,12,16,19-20,26H,1,6-11H2,(H2,21,23)(H2,22,27). The van der Waals surface area contributed by atoms with Crippen molar-refractivity contribution in [2.24, 2.45) is 22.4 Å². The van der Waals surface area contributed by atoms with Crippen LogP contribution in [0.3, 0.4) is 0 Å². The van der Waals surface area contributed by atoms with E-state index in [0.717, 1.165) is 51.0 Å². The van der Waals surface area contributed by atoms with Crippen LogP contribution in [0.15, 0.2) is 29.3 Å². The molecule has 9 nitrogen and oxygen atoms in total. The molecule has 1 aliphatic rings. The van der Waals surface area contributed by atoms with Crippen LogP contribution in [0.1, 0.15) is 6.42 Å². The number of carbonyl (C=O) groups excluding carboxylic acids is 1. The first-order valence-corrected chi connectivity index (χ1v) is 8.86. The van der Waals surface area contributed by atoms with Crippen LogP contribution in [0.2, 0.25) is 0 Å². The Hall–Kier alpha value is -2.78. The Kier molecular flexibility index (Phi) is 7.44. The molecule has 2 rings (SSSR count). The molecule has 0 saturated carbocycles. The lowest BCUT2D eigenvalue weighted by molar-refractivity contribution is -0.118. The van der Waals surface area contributed by atoms with E-state index in [0.29, 0.717) is 5.69 Å². The maximum absolute atomic E-state index is 11.5. The maximum Gasteiger partial charge on any atom is 0.234 e. The van der Waals surface area contributed by atoms with Crippen LogP contribution in [-0.2, 0) is 4.79 Å². The molecule has 146 valence electrons. The average molecular weight is 373 g/mol. The molecule has 1 aromatic carbocycles. The number of benzene rings is 1. The quantitative estimate of drug-likeness (QED) is 0.303. The molecule has 1 aromatic rings. The minimum Gasteiger partial charge on any atom is -0.396 e. The summed E-state index contributed by atoms with van der Waals surface area (Å²) in [6.45, 7) is 4.88. The summed E-state index contributed by atoms with van der Waals surface area (Å²) in [5, 5.41) is 23.6. The lowest BCUT2D eigenvalue weighted by Gasteiger charge is -2.36. The fraction of sp³-hybridized carbons (Fsp3) is 0.444. The highest BCUT2D eigenvalue weighted by Gasteiger charge is 2.24. The summed E-state index contributed by atoms with van der Waals surface area (Å²) < 4.78 is 0. The SMILES string of the molecule is N=CC(=N)C(C(N)=O)C(N)=Nc1ccc(N2CCN(CCCO)CC2)cc1. The summed E-state index contributed by atoms with van der Waals surface area (Å²) in [4.78, 5) is 20.3. The van der Waals surface area contributed by atoms with E-state index in [-0.39, 0.29) is 18.2 Å². The van der Waals surface area contributed by atoms with Gasteiger partial charge in [0.2, 0.25) is 5.91 Å². The molecule has 1 heterocycles. The lowest BCUT2D eigenvalue weighted by Crippen LogP contribution is -2.46. The van der Waals surface area contributed by atoms with Crippen LogP contribution in [0, 0.1) is 16.7 Å². The molecule has 27 heavy (non-hydrogen) atoms. The van der Waals surface area contributed by atoms with Gasteiger partial charge in [0.15, 0.2) is 0 Å². The molecular formula is C18H27N7O2. The number of nitrogens with two attached hydrogens (primary N) is 2. The van der Waals surface area contributed by atoms with Crippen molar-refractivity contribution in [3.63, 3.8) is 0 Å². The Balaban J connectivity index is 2.01. The number of amidine groups is 1. The first-order chi connectivity index (χ1) is 13.0. The van der Waals surface area contributed by atoms with Gasteiger partial charge in [0.25, 0.3) is 0 Å². The Bertz CT molecular complexity index is 694. The predicted molar refractivity (Wildman–Crippen MR) is 107 cm³/mol. The van der Waals surface area contributed by atoms with Crippen molar-refractivity contribution < 1.29 is 9.90 Å². The molecule has 0 spiro atoms. The van der Waals surface area contributed by atoms with Crippen molar-refractivity contribution in [3.8, 4) is 0 Å². The third-order valence-corrected chi connectivity index (χ3v) is 4.52. The first-order valence-electron chi connectivity index (χ1n) is 8.86. The van der Waals surface area contributed by atoms with Crippen molar-refractivity contribution in [2.45, 2.75) is 6.42 Å². The zero-order valence-electron chi connectivity index (χ0n) is 15.3. The van der Waals surface area contributed by atoms with Gasteiger partial charge >= 0.3 is 0 Å². The van der Waals surface area contributed by atoms with E-state index < -0.39 is 11.8 Å². The Morgan fingerprint density at radius 3 is 2.37 bits per heavy atom. The Morgan fingerprint density at radius 1 is 1.22 bits per heavy atom. The minimum absolute atomic E-state index is 0.0961. The van der Waals surface area contributed by atoms with Crippen LogP contribution in [0.4, 0.5) is 11.4 Å². The van der Waals surface area contributed by atoms with Gasteiger partial charge < -0.3 is 32.3 Å². The second kappa shape index (κ2) is 9.79. The number of amides is 1. The molecule has 0 bridgehead atoms. The van der Waals surface area contributed by atoms with Gasteiger partial charge in [-0.1, -0.05) is 0 Å². The third kappa shape index (κ3) is 5.60. The van der Waals surface area contributed by atoms with Crippen molar-refractivity contribution >= 4 is 35.0 Å². The van der Waals surface area contributed by atoms with Gasteiger partial charge in [-0.3, -0.25) is 9.69 Å². The number of rotatable bonds is 9. The van der Waals surface area contributed by atoms with E-state index in [2.05, 4.69) is 14.8 Å². The maximum atomic E-state index is 11.5. The summed E-state index contributed by atoms with van der Waals surface area (Å²) >= 11 is 0. The molecule has 1 atom stereocenters. The highest BCUT2D eigenvalue weighted by Crippen LogP contribution is 2.21. The number of anilines is 1. The number of nitrogens with one attached hydrogen (secondary N) is 2. The van der Waals surface area contributed by atoms with Gasteiger partial charge in [-0.25, -0.2) is 4.99 Å². The monoisotopic (exact) mass is 373 g/mol. The molecule has 1 saturated heterocycles. The van der Waals surface area contributed by atoms with E-state index in [1.54, 1.807) is 12.1 Å². The zero-order chi connectivity index (χ0) is 19.8. The van der Waals surface area contributed by atoms with Gasteiger partial charge in [-0.2, -0.15) is 0 Å². The number of aliphatic hydroxyl groups is 1. The lowest BCUT2D eigenvalue weighted by atomic mass is 10.0. The molecule has 1 amide bonds. The van der Waals surface area contributed by atoms with Crippen LogP contribution in [0.25, 0.3) is 0 Å². The van der Waals surface area contributed by atoms with Gasteiger partial charge in [0, 0.05) is 51.2 Å². The molecule has 1 aliphatic heterocycles. The van der Waals surface area contributed by atoms with Crippen molar-refractivity contribution in [1.82, 2.24) is 4.90 Å². The normalized spacial score (nSPS) is 16.8. The molecule has 1 unspecified atom stereocenters. The van der Waals surface area contributed by atoms with E-state index >= 15 is 0 Å². The number of aliphatic imine (C=N–C) groups is 1. The molecule has 7 N–H and O–H groups in total. The van der Waals surface area contributed by atoms with Crippen molar-refractivity contribution in [2.75, 3.05) is 44.2 Å². The Labute approximate surface area is 158 Å². The average Bonchev–Trinajstić information content (AvgIpc) is 2.67. The second-order valence-electron chi connectivity index (χ2n) is 6.39. The fourth-order valence-corrected chi connectivity index (χ4v) is 3.02. The van der Waals surface area contributed by atoms with Crippen molar-refractivity contribution in [1.29, 1.82) is 10.8 Å². The minimum atomic E-state index is -1.20. The van der Waals surface area contributed by atoms with Gasteiger partial charge in [0.05, 0.1) is 11.4 Å². The number of nitrogens with zero attached hydrogens (tertiary/aromatic N) is 3. The van der Waals surface area contributed by atoms with Crippen LogP contribution >= 0.6 is 0 Å². The smallest absolute Gasteiger partial charge is 0.234 e. The number of hydrogen-bond donors (Lipinski definition) is 5. The topological polar surface area (TPSA) is 156 Å². The van der Waals surface area contributed by atoms with E-state index in [9.17, 15) is 4.79 Å². The number of carbonyl (C=O) groups is 1. The van der Waals surface area contributed by atoms with Gasteiger partial charge in [-0.15, -0.1) is 0 Å². The molecule has 0 aromatic heterocycles. The first kappa shape index (κ1) is 20.5. The molecular weight excluding hydrogens is 346 g/mol. The van der Waals surface area contributed by atoms with E-state index in [1.807, 2.05) is 12.1 Å². The largest absolute Gasteiger partial charge is 0.396 e. The zero-order valence-corrected chi connectivity index (χ0v) is 15.3. The summed E-state index contributed by atoms with van der Waals surface area (Å²) in [7, 11) is 0. The predicted octanol–water partition coefficient (Wildman–Crippen LogP) is -0.0495. The highest BCUT2D eigenvalue weighted by atomic mass is 16.3. The van der Waals surface area contributed by atoms with Gasteiger partial charge in [0.1, 0.15) is 11.8 Å². The number of piperazine rings is 1. The van der Waals surface area contributed by atoms with Crippen LogP contribution in [-0.4, -0.2) is 73.0 Å².